The maximum Gasteiger partial charge on any atom is 0.522 e. The maximum absolute atomic E-state index is 14.6. The van der Waals surface area contributed by atoms with E-state index < -0.39 is 69.7 Å². The summed E-state index contributed by atoms with van der Waals surface area (Å²) in [4.78, 5) is 18.7. The summed E-state index contributed by atoms with van der Waals surface area (Å²) in [5, 5.41) is 8.47. The van der Waals surface area contributed by atoms with Crippen LogP contribution in [0.15, 0.2) is 71.7 Å². The van der Waals surface area contributed by atoms with Gasteiger partial charge in [-0.1, -0.05) is 5.57 Å². The van der Waals surface area contributed by atoms with Gasteiger partial charge >= 0.3 is 12.5 Å². The number of benzene rings is 1. The summed E-state index contributed by atoms with van der Waals surface area (Å²) in [5.74, 6) is 2.68. The van der Waals surface area contributed by atoms with Gasteiger partial charge in [0.2, 0.25) is 0 Å². The van der Waals surface area contributed by atoms with Gasteiger partial charge in [0.1, 0.15) is 11.5 Å². The average Bonchev–Trinajstić information content (AvgIpc) is 3.67. The normalized spacial score (nSPS) is 20.8. The van der Waals surface area contributed by atoms with Gasteiger partial charge in [0, 0.05) is 32.0 Å². The number of fused-ring (bicyclic) bond motifs is 2. The molecule has 1 saturated carbocycles. The number of hydrogen-bond acceptors (Lipinski definition) is 6. The molecule has 1 aromatic carbocycles. The highest BCUT2D eigenvalue weighted by molar-refractivity contribution is 7.98. The van der Waals surface area contributed by atoms with Crippen molar-refractivity contribution in [1.29, 1.82) is 0 Å². The lowest BCUT2D eigenvalue weighted by Crippen LogP contribution is -2.51. The molecule has 6 rings (SSSR count). The van der Waals surface area contributed by atoms with E-state index in [-0.39, 0.29) is 30.6 Å². The van der Waals surface area contributed by atoms with Crippen LogP contribution < -0.4 is 0 Å². The molecule has 2 aliphatic rings. The van der Waals surface area contributed by atoms with Crippen LogP contribution in [0.3, 0.4) is 0 Å². The first-order chi connectivity index (χ1) is 23.0. The van der Waals surface area contributed by atoms with Crippen molar-refractivity contribution in [2.75, 3.05) is 13.2 Å². The number of carbonyl (C=O) groups excluding carboxylic acids is 1. The number of rotatable bonds is 9. The van der Waals surface area contributed by atoms with E-state index in [1.165, 1.54) is 51.8 Å². The second-order valence-corrected chi connectivity index (χ2v) is 14.2. The van der Waals surface area contributed by atoms with E-state index in [4.69, 9.17) is 0 Å². The van der Waals surface area contributed by atoms with Crippen LogP contribution >= 0.6 is 0 Å². The number of ether oxygens (including phenoxy) is 1. The maximum atomic E-state index is 14.6. The highest BCUT2D eigenvalue weighted by Crippen LogP contribution is 2.51. The van der Waals surface area contributed by atoms with Gasteiger partial charge in [-0.15, -0.1) is 13.2 Å². The van der Waals surface area contributed by atoms with Crippen molar-refractivity contribution in [2.24, 2.45) is 12.5 Å². The Morgan fingerprint density at radius 2 is 1.86 bits per heavy atom. The molecule has 0 bridgehead atoms. The number of hydrogen-bond donors (Lipinski definition) is 0. The topological polar surface area (TPSA) is 95.1 Å². The number of alkyl halides is 6. The van der Waals surface area contributed by atoms with Crippen LogP contribution in [-0.4, -0.2) is 70.3 Å². The standard InChI is InChI=1S/C32H29F7N6O3S/c1-43-19-26(18-41-43)49(2,47)44(11-12-48-32(37,38)39)25-6-3-21-14-28-20(17-42-45(28)24-7-4-23(33)5-8-24)15-30(21,16-25)29(46)27-13-22(9-10-40-27)31(34,35)36/h4-5,7-10,13-14,17-19,25H,2-3,6,11-12,15-16H2,1H3/t25-,30-,49?/m0/s1. The predicted octanol–water partition coefficient (Wildman–Crippen LogP) is 6.05. The second kappa shape index (κ2) is 12.5. The fourth-order valence-electron chi connectivity index (χ4n) is 6.61. The van der Waals surface area contributed by atoms with E-state index in [1.807, 2.05) is 0 Å². The third-order valence-electron chi connectivity index (χ3n) is 8.87. The predicted molar refractivity (Wildman–Crippen MR) is 164 cm³/mol. The molecule has 9 nitrogen and oxygen atoms in total. The molecule has 0 amide bonds. The zero-order valence-corrected chi connectivity index (χ0v) is 26.7. The Kier molecular flexibility index (Phi) is 8.81. The lowest BCUT2D eigenvalue weighted by atomic mass is 9.60. The molecule has 3 atom stereocenters. The van der Waals surface area contributed by atoms with Crippen LogP contribution in [0.2, 0.25) is 0 Å². The fraction of sp³-hybridized carbons (Fsp3) is 0.344. The first-order valence-corrected chi connectivity index (χ1v) is 16.6. The van der Waals surface area contributed by atoms with Gasteiger partial charge in [0.05, 0.1) is 56.0 Å². The molecule has 2 aliphatic carbocycles. The Balaban J connectivity index is 1.45. The Bertz CT molecular complexity index is 2020. The average molecular weight is 711 g/mol. The molecule has 3 aromatic heterocycles. The molecular formula is C32H29F7N6O3S. The van der Waals surface area contributed by atoms with Crippen LogP contribution in [0.25, 0.3) is 11.8 Å². The highest BCUT2D eigenvalue weighted by atomic mass is 32.2. The highest BCUT2D eigenvalue weighted by Gasteiger charge is 2.51. The van der Waals surface area contributed by atoms with Crippen LogP contribution in [0.4, 0.5) is 30.7 Å². The minimum Gasteiger partial charge on any atom is -0.291 e. The number of ketones is 1. The van der Waals surface area contributed by atoms with E-state index >= 15 is 0 Å². The van der Waals surface area contributed by atoms with Gasteiger partial charge in [-0.05, 0) is 79.6 Å². The summed E-state index contributed by atoms with van der Waals surface area (Å²) in [6, 6.07) is 6.12. The molecule has 1 fully saturated rings. The van der Waals surface area contributed by atoms with Gasteiger partial charge in [-0.25, -0.2) is 17.6 Å². The first-order valence-electron chi connectivity index (χ1n) is 14.9. The number of halogens is 7. The summed E-state index contributed by atoms with van der Waals surface area (Å²) in [6.07, 6.45) is -2.76. The SMILES string of the molecule is C=S(=O)(c1cnn(C)c1)N(CCOC(F)(F)F)[C@H]1CCC2=Cc3c(cnn3-c3ccc(F)cc3)C[C@]2(C(=O)c2cc(C(F)(F)F)ccn2)C1. The molecule has 0 N–H and O–H groups in total. The third kappa shape index (κ3) is 6.78. The van der Waals surface area contributed by atoms with Gasteiger partial charge < -0.3 is 0 Å². The third-order valence-corrected chi connectivity index (χ3v) is 11.1. The minimum atomic E-state index is -4.97. The summed E-state index contributed by atoms with van der Waals surface area (Å²) < 4.78 is 117. The van der Waals surface area contributed by atoms with Crippen LogP contribution in [0.5, 0.6) is 0 Å². The number of Topliss-reactive ketones (excluding diaryl/α,β-unsaturated/α-hetero) is 1. The van der Waals surface area contributed by atoms with Crippen LogP contribution in [-0.2, 0) is 34.1 Å². The van der Waals surface area contributed by atoms with Crippen molar-refractivity contribution in [3.63, 3.8) is 0 Å². The molecule has 0 radical (unpaired) electrons. The smallest absolute Gasteiger partial charge is 0.291 e. The molecule has 0 saturated heterocycles. The van der Waals surface area contributed by atoms with Gasteiger partial charge in [-0.3, -0.25) is 19.2 Å². The van der Waals surface area contributed by atoms with E-state index in [9.17, 15) is 39.7 Å². The Hall–Kier alpha value is -4.35. The van der Waals surface area contributed by atoms with Gasteiger partial charge in [-0.2, -0.15) is 23.4 Å². The molecule has 0 spiro atoms. The Morgan fingerprint density at radius 3 is 2.51 bits per heavy atom. The van der Waals surface area contributed by atoms with E-state index in [1.54, 1.807) is 17.8 Å². The molecule has 4 aromatic rings. The summed E-state index contributed by atoms with van der Waals surface area (Å²) >= 11 is 0. The van der Waals surface area contributed by atoms with Crippen molar-refractivity contribution < 1.29 is 44.5 Å². The van der Waals surface area contributed by atoms with Crippen LogP contribution in [0.1, 0.15) is 46.6 Å². The van der Waals surface area contributed by atoms with Gasteiger partial charge in [0.15, 0.2) is 5.78 Å². The number of nitrogens with zero attached hydrogens (tertiary/aromatic N) is 6. The quantitative estimate of drug-likeness (QED) is 0.119. The zero-order valence-electron chi connectivity index (χ0n) is 25.8. The van der Waals surface area contributed by atoms with Crippen molar-refractivity contribution in [2.45, 2.75) is 49.2 Å². The van der Waals surface area contributed by atoms with E-state index in [2.05, 4.69) is 25.8 Å². The lowest BCUT2D eigenvalue weighted by molar-refractivity contribution is -0.324. The number of aromatic nitrogens is 5. The fourth-order valence-corrected chi connectivity index (χ4v) is 8.45. The molecule has 260 valence electrons. The van der Waals surface area contributed by atoms with E-state index in [0.717, 1.165) is 12.3 Å². The molecule has 17 heteroatoms. The van der Waals surface area contributed by atoms with Crippen LogP contribution in [0, 0.1) is 11.2 Å². The molecule has 1 unspecified atom stereocenters. The lowest BCUT2D eigenvalue weighted by Gasteiger charge is -2.47. The molecule has 49 heavy (non-hydrogen) atoms. The molecule has 3 heterocycles. The number of aryl methyl sites for hydroxylation is 1. The van der Waals surface area contributed by atoms with Crippen molar-refractivity contribution in [3.05, 3.63) is 95.1 Å². The molecule has 0 aliphatic heterocycles. The monoisotopic (exact) mass is 710 g/mol. The van der Waals surface area contributed by atoms with Crippen molar-refractivity contribution in [3.8, 4) is 5.69 Å². The first kappa shape index (κ1) is 34.5. The Morgan fingerprint density at radius 1 is 1.12 bits per heavy atom. The van der Waals surface area contributed by atoms with Crippen molar-refractivity contribution in [1.82, 2.24) is 28.9 Å². The molecular weight excluding hydrogens is 681 g/mol. The number of carbonyl (C=O) groups is 1. The minimum absolute atomic E-state index is 0.0548. The zero-order chi connectivity index (χ0) is 35.4. The van der Waals surface area contributed by atoms with Gasteiger partial charge in [0.25, 0.3) is 0 Å². The van der Waals surface area contributed by atoms with E-state index in [0.29, 0.717) is 28.6 Å². The second-order valence-electron chi connectivity index (χ2n) is 12.0. The number of pyridine rings is 1. The summed E-state index contributed by atoms with van der Waals surface area (Å²) in [5.41, 5.74) is -0.897. The summed E-state index contributed by atoms with van der Waals surface area (Å²) in [6.45, 7) is -1.40. The summed E-state index contributed by atoms with van der Waals surface area (Å²) in [7, 11) is -1.95. The van der Waals surface area contributed by atoms with Crippen molar-refractivity contribution >= 4 is 27.4 Å². The Labute approximate surface area is 276 Å². The number of allylic oxidation sites excluding steroid dienone is 1. The largest absolute Gasteiger partial charge is 0.522 e.